The lowest BCUT2D eigenvalue weighted by atomic mass is 10.0. The summed E-state index contributed by atoms with van der Waals surface area (Å²) in [6.07, 6.45) is 1.39. The van der Waals surface area contributed by atoms with Crippen LogP contribution in [0.15, 0.2) is 51.6 Å². The number of nitrogens with zero attached hydrogens (tertiary/aromatic N) is 4. The highest BCUT2D eigenvalue weighted by molar-refractivity contribution is 8.03. The molecule has 0 aliphatic carbocycles. The number of aromatic amines is 1. The molecule has 25 heavy (non-hydrogen) atoms. The molecule has 0 fully saturated rings. The zero-order chi connectivity index (χ0) is 18.0. The van der Waals surface area contributed by atoms with Crippen LogP contribution >= 0.6 is 11.8 Å². The van der Waals surface area contributed by atoms with E-state index in [1.807, 2.05) is 6.07 Å². The molecule has 0 unspecified atom stereocenters. The second-order valence-electron chi connectivity index (χ2n) is 5.35. The Hall–Kier alpha value is -2.94. The number of aryl methyl sites for hydroxylation is 1. The number of nitrogens with one attached hydrogen (secondary N) is 1. The molecule has 1 amide bonds. The van der Waals surface area contributed by atoms with Gasteiger partial charge in [-0.3, -0.25) is 9.89 Å². The number of hydrogen-bond donors (Lipinski definition) is 2. The molecule has 2 N–H and O–H groups in total. The highest BCUT2D eigenvalue weighted by Gasteiger charge is 2.34. The lowest BCUT2D eigenvalue weighted by Gasteiger charge is -2.12. The molecule has 3 rings (SSSR count). The molecule has 2 aromatic rings. The third-order valence-electron chi connectivity index (χ3n) is 3.49. The number of carboxylic acids is 1. The molecule has 0 radical (unpaired) electrons. The lowest BCUT2D eigenvalue weighted by molar-refractivity contribution is -0.131. The van der Waals surface area contributed by atoms with Gasteiger partial charge in [0.1, 0.15) is 5.82 Å². The summed E-state index contributed by atoms with van der Waals surface area (Å²) in [5.41, 5.74) is 1.16. The van der Waals surface area contributed by atoms with Crippen LogP contribution in [0.4, 0.5) is 5.69 Å². The lowest BCUT2D eigenvalue weighted by Crippen LogP contribution is -2.26. The predicted octanol–water partition coefficient (Wildman–Crippen LogP) is 2.21. The molecule has 1 aliphatic rings. The van der Waals surface area contributed by atoms with Crippen molar-refractivity contribution in [3.05, 3.63) is 47.1 Å². The largest absolute Gasteiger partial charge is 0.477 e. The molecule has 9 heteroatoms. The molecule has 2 heterocycles. The van der Waals surface area contributed by atoms with Crippen molar-refractivity contribution in [1.29, 1.82) is 0 Å². The molecule has 0 saturated heterocycles. The van der Waals surface area contributed by atoms with Gasteiger partial charge in [-0.1, -0.05) is 18.2 Å². The predicted molar refractivity (Wildman–Crippen MR) is 93.2 cm³/mol. The molecule has 1 atom stereocenters. The number of H-pyrrole nitrogens is 1. The van der Waals surface area contributed by atoms with Crippen molar-refractivity contribution in [2.24, 2.45) is 11.0 Å². The van der Waals surface area contributed by atoms with Gasteiger partial charge in [0.25, 0.3) is 5.91 Å². The molecule has 8 nitrogen and oxygen atoms in total. The van der Waals surface area contributed by atoms with Crippen LogP contribution in [-0.2, 0) is 9.59 Å². The van der Waals surface area contributed by atoms with Gasteiger partial charge in [-0.15, -0.1) is 5.10 Å². The molecule has 0 bridgehead atoms. The Morgan fingerprint density at radius 1 is 1.32 bits per heavy atom. The Labute approximate surface area is 147 Å². The summed E-state index contributed by atoms with van der Waals surface area (Å²) in [5.74, 6) is -1.60. The van der Waals surface area contributed by atoms with E-state index in [2.05, 4.69) is 20.3 Å². The zero-order valence-corrected chi connectivity index (χ0v) is 14.3. The maximum absolute atomic E-state index is 12.7. The van der Waals surface area contributed by atoms with E-state index in [1.54, 1.807) is 38.1 Å². The minimum absolute atomic E-state index is 0.0261. The molecule has 128 valence electrons. The van der Waals surface area contributed by atoms with Crippen LogP contribution in [0.1, 0.15) is 12.7 Å². The number of benzene rings is 1. The summed E-state index contributed by atoms with van der Waals surface area (Å²) < 4.78 is 0. The Morgan fingerprint density at radius 3 is 2.64 bits per heavy atom. The first-order chi connectivity index (χ1) is 12.0. The average molecular weight is 357 g/mol. The minimum atomic E-state index is -1.15. The number of carboxylic acid groups (broad SMARTS) is 1. The van der Waals surface area contributed by atoms with Gasteiger partial charge in [-0.05, 0) is 43.8 Å². The quantitative estimate of drug-likeness (QED) is 0.627. The summed E-state index contributed by atoms with van der Waals surface area (Å²) >= 11 is 0.888. The highest BCUT2D eigenvalue weighted by atomic mass is 32.2. The summed E-state index contributed by atoms with van der Waals surface area (Å²) in [6.45, 7) is 3.42. The van der Waals surface area contributed by atoms with Crippen molar-refractivity contribution < 1.29 is 14.7 Å². The molecule has 0 saturated carbocycles. The Balaban J connectivity index is 1.86. The van der Waals surface area contributed by atoms with E-state index in [4.69, 9.17) is 0 Å². The van der Waals surface area contributed by atoms with Crippen LogP contribution < -0.4 is 5.01 Å². The van der Waals surface area contributed by atoms with Crippen LogP contribution in [0.2, 0.25) is 0 Å². The minimum Gasteiger partial charge on any atom is -0.477 e. The number of hydrazone groups is 1. The van der Waals surface area contributed by atoms with Crippen LogP contribution in [0.25, 0.3) is 0 Å². The van der Waals surface area contributed by atoms with Gasteiger partial charge in [0.15, 0.2) is 0 Å². The third kappa shape index (κ3) is 3.61. The van der Waals surface area contributed by atoms with Gasteiger partial charge in [0, 0.05) is 0 Å². The van der Waals surface area contributed by atoms with Crippen LogP contribution in [0, 0.1) is 12.8 Å². The van der Waals surface area contributed by atoms with E-state index in [1.165, 1.54) is 11.1 Å². The van der Waals surface area contributed by atoms with Crippen molar-refractivity contribution in [3.63, 3.8) is 0 Å². The second kappa shape index (κ2) is 6.89. The van der Waals surface area contributed by atoms with Gasteiger partial charge < -0.3 is 5.11 Å². The fraction of sp³-hybridized carbons (Fsp3) is 0.188. The number of aromatic nitrogens is 3. The average Bonchev–Trinajstić information content (AvgIpc) is 3.12. The number of anilines is 1. The fourth-order valence-corrected chi connectivity index (χ4v) is 3.05. The van der Waals surface area contributed by atoms with E-state index in [9.17, 15) is 14.7 Å². The van der Waals surface area contributed by atoms with Crippen molar-refractivity contribution in [1.82, 2.24) is 15.2 Å². The normalized spacial score (nSPS) is 17.8. The maximum atomic E-state index is 12.7. The molecule has 1 aliphatic heterocycles. The Bertz CT molecular complexity index is 875. The van der Waals surface area contributed by atoms with Crippen molar-refractivity contribution in [2.75, 3.05) is 5.01 Å². The number of carbonyl (C=O) groups excluding carboxylic acids is 1. The van der Waals surface area contributed by atoms with Gasteiger partial charge in [0.2, 0.25) is 5.16 Å². The number of carbonyl (C=O) groups is 2. The third-order valence-corrected chi connectivity index (χ3v) is 4.39. The number of rotatable bonds is 5. The van der Waals surface area contributed by atoms with E-state index in [0.29, 0.717) is 17.2 Å². The monoisotopic (exact) mass is 357 g/mol. The standard InChI is InChI=1S/C16H15N5O3S/c1-9-12(14(22)21(20-9)11-6-4-3-5-7-11)8-13(15(23)24)25-16-17-10(2)18-19-16/h3-8,12H,1-2H3,(H,23,24)(H,17,18,19)/b13-8+/t12-/m0/s1. The highest BCUT2D eigenvalue weighted by Crippen LogP contribution is 2.29. The number of thioether (sulfide) groups is 1. The van der Waals surface area contributed by atoms with Crippen molar-refractivity contribution >= 4 is 35.0 Å². The smallest absolute Gasteiger partial charge is 0.342 e. The van der Waals surface area contributed by atoms with Crippen LogP contribution in [0.3, 0.4) is 0 Å². The summed E-state index contributed by atoms with van der Waals surface area (Å²) in [6, 6.07) is 8.99. The van der Waals surface area contributed by atoms with Crippen LogP contribution in [0.5, 0.6) is 0 Å². The number of hydrogen-bond acceptors (Lipinski definition) is 6. The molecule has 1 aromatic carbocycles. The van der Waals surface area contributed by atoms with Gasteiger partial charge >= 0.3 is 5.97 Å². The topological polar surface area (TPSA) is 112 Å². The molecular formula is C16H15N5O3S. The molecule has 0 spiro atoms. The number of para-hydroxylation sites is 1. The first-order valence-electron chi connectivity index (χ1n) is 7.42. The Kier molecular flexibility index (Phi) is 4.66. The zero-order valence-electron chi connectivity index (χ0n) is 13.5. The molecular weight excluding hydrogens is 342 g/mol. The van der Waals surface area contributed by atoms with E-state index < -0.39 is 11.9 Å². The number of amides is 1. The summed E-state index contributed by atoms with van der Waals surface area (Å²) in [5, 5.41) is 21.8. The first-order valence-corrected chi connectivity index (χ1v) is 8.23. The molecule has 1 aromatic heterocycles. The van der Waals surface area contributed by atoms with Gasteiger partial charge in [0.05, 0.1) is 22.2 Å². The van der Waals surface area contributed by atoms with E-state index in [-0.39, 0.29) is 16.0 Å². The van der Waals surface area contributed by atoms with Gasteiger partial charge in [-0.2, -0.15) is 10.1 Å². The van der Waals surface area contributed by atoms with Gasteiger partial charge in [-0.25, -0.2) is 9.78 Å². The van der Waals surface area contributed by atoms with Crippen molar-refractivity contribution in [2.45, 2.75) is 19.0 Å². The SMILES string of the molecule is CC1=NN(c2ccccc2)C(=O)[C@H]1/C=C(/Sc1n[nH]c(C)n1)C(=O)O. The Morgan fingerprint density at radius 2 is 2.04 bits per heavy atom. The fourth-order valence-electron chi connectivity index (χ4n) is 2.29. The summed E-state index contributed by atoms with van der Waals surface area (Å²) in [4.78, 5) is 28.3. The van der Waals surface area contributed by atoms with Crippen molar-refractivity contribution in [3.8, 4) is 0 Å². The second-order valence-corrected chi connectivity index (χ2v) is 6.36. The van der Waals surface area contributed by atoms with Crippen LogP contribution in [-0.4, -0.2) is 37.9 Å². The van der Waals surface area contributed by atoms with E-state index >= 15 is 0 Å². The maximum Gasteiger partial charge on any atom is 0.342 e. The summed E-state index contributed by atoms with van der Waals surface area (Å²) in [7, 11) is 0. The van der Waals surface area contributed by atoms with E-state index in [0.717, 1.165) is 11.8 Å². The first kappa shape index (κ1) is 16.9. The number of aliphatic carboxylic acids is 1.